The molecule has 2 atom stereocenters. The average molecular weight is 446 g/mol. The third-order valence-corrected chi connectivity index (χ3v) is 6.68. The van der Waals surface area contributed by atoms with E-state index in [1.54, 1.807) is 12.4 Å². The number of nitrogens with zero attached hydrogens (tertiary/aromatic N) is 4. The van der Waals surface area contributed by atoms with Crippen LogP contribution in [0.25, 0.3) is 5.57 Å². The number of likely N-dealkylation sites (tertiary alicyclic amines) is 1. The fraction of sp³-hybridized carbons (Fsp3) is 0.476. The van der Waals surface area contributed by atoms with Crippen LogP contribution in [0.5, 0.6) is 0 Å². The summed E-state index contributed by atoms with van der Waals surface area (Å²) in [4.78, 5) is 23.2. The fourth-order valence-corrected chi connectivity index (χ4v) is 4.66. The summed E-state index contributed by atoms with van der Waals surface area (Å²) in [5, 5.41) is 8.24. The topological polar surface area (TPSA) is 99.4 Å². The summed E-state index contributed by atoms with van der Waals surface area (Å²) in [6.45, 7) is 1.21. The standard InChI is InChI=1S/C21H25ClFN7O/c22-13-7-15-16(9-26-18(15)25-8-13)19-27-10-17(23)20(28-19)30(24)14-5-2-6-29(11-14)21(31)12-3-1-4-12/h7-10,12,14,18,25-26H,1-6,11,24H2/t14-,18?/m1/s1. The molecule has 1 amide bonds. The Morgan fingerprint density at radius 2 is 2.06 bits per heavy atom. The van der Waals surface area contributed by atoms with Gasteiger partial charge in [0.15, 0.2) is 17.5 Å². The Kier molecular flexibility index (Phi) is 5.31. The number of carbonyl (C=O) groups is 1. The molecule has 10 heteroatoms. The van der Waals surface area contributed by atoms with Gasteiger partial charge in [-0.05, 0) is 31.8 Å². The summed E-state index contributed by atoms with van der Waals surface area (Å²) in [6.07, 6.45) is 11.0. The van der Waals surface area contributed by atoms with Gasteiger partial charge >= 0.3 is 0 Å². The van der Waals surface area contributed by atoms with E-state index >= 15 is 0 Å². The summed E-state index contributed by atoms with van der Waals surface area (Å²) < 4.78 is 14.7. The largest absolute Gasteiger partial charge is 0.367 e. The van der Waals surface area contributed by atoms with E-state index in [9.17, 15) is 9.18 Å². The normalized spacial score (nSPS) is 25.4. The minimum absolute atomic E-state index is 0.0308. The van der Waals surface area contributed by atoms with Crippen molar-refractivity contribution in [2.75, 3.05) is 18.1 Å². The second kappa shape index (κ2) is 8.12. The van der Waals surface area contributed by atoms with Gasteiger partial charge in [0.05, 0.1) is 17.3 Å². The van der Waals surface area contributed by atoms with Gasteiger partial charge in [0, 0.05) is 42.6 Å². The van der Waals surface area contributed by atoms with Crippen molar-refractivity contribution in [1.82, 2.24) is 25.5 Å². The van der Waals surface area contributed by atoms with Crippen molar-refractivity contribution >= 4 is 28.9 Å². The molecule has 3 aliphatic heterocycles. The van der Waals surface area contributed by atoms with E-state index in [0.717, 1.165) is 56.0 Å². The van der Waals surface area contributed by atoms with Crippen LogP contribution in [0, 0.1) is 11.7 Å². The highest BCUT2D eigenvalue weighted by Gasteiger charge is 2.35. The molecule has 0 aromatic carbocycles. The van der Waals surface area contributed by atoms with Crippen LogP contribution < -0.4 is 21.5 Å². The van der Waals surface area contributed by atoms with Crippen LogP contribution in [-0.4, -0.2) is 46.1 Å². The van der Waals surface area contributed by atoms with E-state index in [1.165, 1.54) is 5.01 Å². The maximum atomic E-state index is 14.7. The lowest BCUT2D eigenvalue weighted by molar-refractivity contribution is -0.139. The molecule has 4 N–H and O–H groups in total. The van der Waals surface area contributed by atoms with Crippen LogP contribution in [0.15, 0.2) is 35.3 Å². The SMILES string of the molecule is NN(c1nc(C2=CNC3NC=C(Cl)C=C23)ncc1F)[C@@H]1CCCN(C(=O)C2CCC2)C1. The van der Waals surface area contributed by atoms with E-state index in [-0.39, 0.29) is 29.9 Å². The van der Waals surface area contributed by atoms with Crippen LogP contribution in [-0.2, 0) is 4.79 Å². The van der Waals surface area contributed by atoms with Crippen molar-refractivity contribution in [1.29, 1.82) is 0 Å². The van der Waals surface area contributed by atoms with E-state index in [0.29, 0.717) is 17.4 Å². The number of aromatic nitrogens is 2. The van der Waals surface area contributed by atoms with Gasteiger partial charge in [-0.25, -0.2) is 20.2 Å². The first-order valence-electron chi connectivity index (χ1n) is 10.7. The number of allylic oxidation sites excluding steroid dienone is 2. The number of hydrazine groups is 1. The van der Waals surface area contributed by atoms with Gasteiger partial charge in [-0.2, -0.15) is 0 Å². The fourth-order valence-electron chi connectivity index (χ4n) is 4.48. The number of nitrogens with one attached hydrogen (secondary N) is 2. The zero-order valence-electron chi connectivity index (χ0n) is 17.0. The number of anilines is 1. The number of amides is 1. The summed E-state index contributed by atoms with van der Waals surface area (Å²) >= 11 is 6.13. The molecule has 4 heterocycles. The molecule has 1 aromatic rings. The van der Waals surface area contributed by atoms with Gasteiger partial charge in [-0.3, -0.25) is 9.80 Å². The maximum absolute atomic E-state index is 14.7. The lowest BCUT2D eigenvalue weighted by Crippen LogP contribution is -2.54. The Hall–Kier alpha value is -2.65. The third kappa shape index (κ3) is 3.76. The molecule has 1 saturated carbocycles. The molecule has 1 saturated heterocycles. The predicted octanol–water partition coefficient (Wildman–Crippen LogP) is 1.97. The Labute approximate surface area is 185 Å². The number of carbonyl (C=O) groups excluding carboxylic acids is 1. The van der Waals surface area contributed by atoms with E-state index in [1.807, 2.05) is 11.0 Å². The highest BCUT2D eigenvalue weighted by Crippen LogP contribution is 2.33. The third-order valence-electron chi connectivity index (χ3n) is 6.46. The lowest BCUT2D eigenvalue weighted by Gasteiger charge is -2.40. The predicted molar refractivity (Wildman–Crippen MR) is 116 cm³/mol. The molecule has 164 valence electrons. The molecule has 2 fully saturated rings. The van der Waals surface area contributed by atoms with Crippen molar-refractivity contribution in [3.63, 3.8) is 0 Å². The molecule has 1 aliphatic carbocycles. The number of piperidine rings is 1. The molecule has 0 radical (unpaired) electrons. The molecule has 0 spiro atoms. The smallest absolute Gasteiger partial charge is 0.225 e. The molecule has 8 nitrogen and oxygen atoms in total. The summed E-state index contributed by atoms with van der Waals surface area (Å²) in [7, 11) is 0. The second-order valence-corrected chi connectivity index (χ2v) is 8.87. The Morgan fingerprint density at radius 3 is 2.84 bits per heavy atom. The van der Waals surface area contributed by atoms with Crippen LogP contribution in [0.2, 0.25) is 0 Å². The Bertz CT molecular complexity index is 990. The van der Waals surface area contributed by atoms with Crippen LogP contribution in [0.1, 0.15) is 37.9 Å². The van der Waals surface area contributed by atoms with Crippen molar-refractivity contribution in [2.24, 2.45) is 11.8 Å². The Balaban J connectivity index is 1.36. The van der Waals surface area contributed by atoms with Gasteiger partial charge in [0.25, 0.3) is 0 Å². The second-order valence-electron chi connectivity index (χ2n) is 8.43. The van der Waals surface area contributed by atoms with Crippen molar-refractivity contribution < 1.29 is 9.18 Å². The van der Waals surface area contributed by atoms with Gasteiger partial charge in [0.2, 0.25) is 5.91 Å². The first-order valence-corrected chi connectivity index (χ1v) is 11.0. The molecular weight excluding hydrogens is 421 g/mol. The van der Waals surface area contributed by atoms with Crippen molar-refractivity contribution in [3.05, 3.63) is 46.9 Å². The average Bonchev–Trinajstić information content (AvgIpc) is 3.15. The van der Waals surface area contributed by atoms with E-state index < -0.39 is 5.82 Å². The quantitative estimate of drug-likeness (QED) is 0.481. The number of rotatable bonds is 4. The highest BCUT2D eigenvalue weighted by atomic mass is 35.5. The van der Waals surface area contributed by atoms with Gasteiger partial charge in [-0.1, -0.05) is 18.0 Å². The molecular formula is C21H25ClFN7O. The molecule has 0 bridgehead atoms. The number of halogens is 2. The maximum Gasteiger partial charge on any atom is 0.225 e. The van der Waals surface area contributed by atoms with Gasteiger partial charge in [-0.15, -0.1) is 0 Å². The highest BCUT2D eigenvalue weighted by molar-refractivity contribution is 6.31. The number of hydrogen-bond donors (Lipinski definition) is 3. The number of fused-ring (bicyclic) bond motifs is 1. The monoisotopic (exact) mass is 445 g/mol. The molecule has 1 aromatic heterocycles. The Morgan fingerprint density at radius 1 is 1.26 bits per heavy atom. The van der Waals surface area contributed by atoms with Gasteiger partial charge < -0.3 is 15.5 Å². The van der Waals surface area contributed by atoms with Crippen LogP contribution >= 0.6 is 11.6 Å². The van der Waals surface area contributed by atoms with Gasteiger partial charge in [0.1, 0.15) is 6.17 Å². The minimum Gasteiger partial charge on any atom is -0.367 e. The summed E-state index contributed by atoms with van der Waals surface area (Å²) in [5.74, 6) is 6.49. The zero-order chi connectivity index (χ0) is 21.5. The summed E-state index contributed by atoms with van der Waals surface area (Å²) in [5.41, 5.74) is 1.60. The number of hydrogen-bond acceptors (Lipinski definition) is 7. The minimum atomic E-state index is -0.592. The van der Waals surface area contributed by atoms with Crippen LogP contribution in [0.4, 0.5) is 10.2 Å². The first-order chi connectivity index (χ1) is 15.0. The lowest BCUT2D eigenvalue weighted by atomic mass is 9.84. The van der Waals surface area contributed by atoms with Crippen LogP contribution in [0.3, 0.4) is 0 Å². The molecule has 1 unspecified atom stereocenters. The summed E-state index contributed by atoms with van der Waals surface area (Å²) in [6, 6.07) is -0.202. The molecule has 31 heavy (non-hydrogen) atoms. The number of dihydropyridines is 1. The van der Waals surface area contributed by atoms with E-state index in [2.05, 4.69) is 20.6 Å². The van der Waals surface area contributed by atoms with E-state index in [4.69, 9.17) is 17.4 Å². The van der Waals surface area contributed by atoms with Crippen molar-refractivity contribution in [3.8, 4) is 0 Å². The molecule has 5 rings (SSSR count). The first kappa shape index (κ1) is 20.3. The molecule has 4 aliphatic rings. The van der Waals surface area contributed by atoms with Crippen molar-refractivity contribution in [2.45, 2.75) is 44.3 Å². The zero-order valence-corrected chi connectivity index (χ0v) is 17.8. The number of nitrogens with two attached hydrogens (primary N) is 1.